The Bertz CT molecular complexity index is 890. The largest absolute Gasteiger partial charge is 0.472 e. The minimum atomic E-state index is -4.28. The number of rotatable bonds is 37. The van der Waals surface area contributed by atoms with Crippen molar-refractivity contribution in [3.63, 3.8) is 0 Å². The summed E-state index contributed by atoms with van der Waals surface area (Å²) in [5.74, 6) is -0.340. The minimum Gasteiger partial charge on any atom is -0.457 e. The summed E-state index contributed by atoms with van der Waals surface area (Å²) in [6, 6.07) is 0. The zero-order valence-corrected chi connectivity index (χ0v) is 32.3. The number of nitrogens with two attached hydrogens (primary N) is 1. The molecule has 0 aromatic rings. The number of hydrogen-bond donors (Lipinski definition) is 2. The molecule has 0 spiro atoms. The molecule has 0 aromatic heterocycles. The van der Waals surface area contributed by atoms with E-state index in [0.717, 1.165) is 70.6 Å². The van der Waals surface area contributed by atoms with Crippen LogP contribution in [-0.4, -0.2) is 49.9 Å². The van der Waals surface area contributed by atoms with Gasteiger partial charge in [0.2, 0.25) is 0 Å². The smallest absolute Gasteiger partial charge is 0.457 e. The van der Waals surface area contributed by atoms with Crippen molar-refractivity contribution < 1.29 is 32.8 Å². The molecule has 8 nitrogen and oxygen atoms in total. The summed E-state index contributed by atoms with van der Waals surface area (Å²) >= 11 is 0. The summed E-state index contributed by atoms with van der Waals surface area (Å²) in [7, 11) is -4.28. The summed E-state index contributed by atoms with van der Waals surface area (Å²) < 4.78 is 33.3. The lowest BCUT2D eigenvalue weighted by molar-refractivity contribution is -0.154. The summed E-state index contributed by atoms with van der Waals surface area (Å²) in [4.78, 5) is 22.4. The second-order valence-corrected chi connectivity index (χ2v) is 14.2. The summed E-state index contributed by atoms with van der Waals surface area (Å²) in [5.41, 5.74) is 5.35. The van der Waals surface area contributed by atoms with E-state index in [-0.39, 0.29) is 32.3 Å². The Labute approximate surface area is 301 Å². The number of carbonyl (C=O) groups is 1. The average Bonchev–Trinajstić information content (AvgIpc) is 3.09. The van der Waals surface area contributed by atoms with Crippen molar-refractivity contribution in [3.05, 3.63) is 48.6 Å². The number of carbonyl (C=O) groups excluding carboxylic acids is 1. The third kappa shape index (κ3) is 37.5. The van der Waals surface area contributed by atoms with E-state index in [1.165, 1.54) is 70.6 Å². The third-order valence-corrected chi connectivity index (χ3v) is 8.99. The molecule has 9 heteroatoms. The van der Waals surface area contributed by atoms with Crippen LogP contribution in [0.5, 0.6) is 0 Å². The number of phosphoric ester groups is 1. The third-order valence-electron chi connectivity index (χ3n) is 8.01. The molecule has 0 aliphatic heterocycles. The van der Waals surface area contributed by atoms with Crippen molar-refractivity contribution in [3.8, 4) is 0 Å². The van der Waals surface area contributed by atoms with Gasteiger partial charge in [-0.25, -0.2) is 4.57 Å². The van der Waals surface area contributed by atoms with Gasteiger partial charge in [-0.15, -0.1) is 0 Å². The molecule has 0 bridgehead atoms. The van der Waals surface area contributed by atoms with Crippen LogP contribution >= 0.6 is 7.82 Å². The standard InChI is InChI=1S/C40H74NO7P/c1-3-5-7-9-11-13-15-17-18-19-20-21-22-24-26-28-30-32-35-45-37-39(38-47-49(43,44)46-36-34-41)48-40(42)33-31-29-27-25-23-16-14-12-10-8-6-4-2/h5,7,11,13,17-18,20-21,39H,3-4,6,8-10,12,14-16,19,22-38,41H2,1-2H3,(H,43,44)/b7-5-,13-11-,18-17-,21-20-. The highest BCUT2D eigenvalue weighted by Crippen LogP contribution is 2.43. The first-order valence-electron chi connectivity index (χ1n) is 19.6. The molecular formula is C40H74NO7P. The van der Waals surface area contributed by atoms with E-state index in [1.54, 1.807) is 0 Å². The van der Waals surface area contributed by atoms with Gasteiger partial charge in [-0.2, -0.15) is 0 Å². The highest BCUT2D eigenvalue weighted by Gasteiger charge is 2.25. The highest BCUT2D eigenvalue weighted by atomic mass is 31.2. The van der Waals surface area contributed by atoms with Crippen LogP contribution < -0.4 is 5.73 Å². The molecule has 2 unspecified atom stereocenters. The zero-order valence-electron chi connectivity index (χ0n) is 31.4. The van der Waals surface area contributed by atoms with Crippen molar-refractivity contribution in [2.24, 2.45) is 5.73 Å². The maximum absolute atomic E-state index is 12.5. The zero-order chi connectivity index (χ0) is 35.9. The number of esters is 1. The van der Waals surface area contributed by atoms with Gasteiger partial charge in [-0.05, 0) is 51.4 Å². The van der Waals surface area contributed by atoms with E-state index in [4.69, 9.17) is 24.3 Å². The highest BCUT2D eigenvalue weighted by molar-refractivity contribution is 7.47. The fourth-order valence-electron chi connectivity index (χ4n) is 5.16. The van der Waals surface area contributed by atoms with E-state index >= 15 is 0 Å². The van der Waals surface area contributed by atoms with Gasteiger partial charge in [0.25, 0.3) is 0 Å². The van der Waals surface area contributed by atoms with Gasteiger partial charge >= 0.3 is 13.8 Å². The lowest BCUT2D eigenvalue weighted by Crippen LogP contribution is -2.28. The Kier molecular flexibility index (Phi) is 36.5. The van der Waals surface area contributed by atoms with Crippen molar-refractivity contribution in [1.82, 2.24) is 0 Å². The fourth-order valence-corrected chi connectivity index (χ4v) is 5.93. The molecule has 3 N–H and O–H groups in total. The van der Waals surface area contributed by atoms with Gasteiger partial charge in [0.05, 0.1) is 19.8 Å². The molecule has 0 rings (SSSR count). The van der Waals surface area contributed by atoms with Crippen molar-refractivity contribution >= 4 is 13.8 Å². The van der Waals surface area contributed by atoms with Gasteiger partial charge in [-0.1, -0.05) is 152 Å². The molecule has 0 fully saturated rings. The molecule has 0 amide bonds. The first-order chi connectivity index (χ1) is 23.9. The molecule has 0 heterocycles. The second kappa shape index (κ2) is 37.7. The van der Waals surface area contributed by atoms with Gasteiger partial charge < -0.3 is 20.1 Å². The van der Waals surface area contributed by atoms with Crippen LogP contribution in [-0.2, 0) is 27.9 Å². The van der Waals surface area contributed by atoms with E-state index in [9.17, 15) is 14.3 Å². The topological polar surface area (TPSA) is 117 Å². The Morgan fingerprint density at radius 1 is 0.633 bits per heavy atom. The maximum atomic E-state index is 12.5. The molecule has 0 aliphatic rings. The average molecular weight is 712 g/mol. The molecule has 0 saturated heterocycles. The van der Waals surface area contributed by atoms with Crippen LogP contribution in [0.1, 0.15) is 162 Å². The Hall–Kier alpha value is -1.54. The Balaban J connectivity index is 4.10. The van der Waals surface area contributed by atoms with E-state index in [0.29, 0.717) is 13.0 Å². The molecule has 0 saturated carbocycles. The maximum Gasteiger partial charge on any atom is 0.472 e. The van der Waals surface area contributed by atoms with Gasteiger partial charge in [0.15, 0.2) is 0 Å². The van der Waals surface area contributed by atoms with Crippen LogP contribution in [0.2, 0.25) is 0 Å². The summed E-state index contributed by atoms with van der Waals surface area (Å²) in [5, 5.41) is 0. The predicted molar refractivity (Wildman–Crippen MR) is 206 cm³/mol. The molecule has 0 aliphatic carbocycles. The van der Waals surface area contributed by atoms with Gasteiger partial charge in [0, 0.05) is 19.6 Å². The van der Waals surface area contributed by atoms with E-state index < -0.39 is 13.9 Å². The lowest BCUT2D eigenvalue weighted by Gasteiger charge is -2.20. The minimum absolute atomic E-state index is 0.0961. The lowest BCUT2D eigenvalue weighted by atomic mass is 10.0. The number of hydrogen-bond acceptors (Lipinski definition) is 7. The molecule has 2 atom stereocenters. The van der Waals surface area contributed by atoms with E-state index in [1.807, 2.05) is 0 Å². The second-order valence-electron chi connectivity index (χ2n) is 12.8. The molecule has 49 heavy (non-hydrogen) atoms. The van der Waals surface area contributed by atoms with Crippen molar-refractivity contribution in [1.29, 1.82) is 0 Å². The number of ether oxygens (including phenoxy) is 2. The quantitative estimate of drug-likeness (QED) is 0.0283. The summed E-state index contributed by atoms with van der Waals surface area (Å²) in [6.45, 7) is 4.75. The monoisotopic (exact) mass is 712 g/mol. The first-order valence-corrected chi connectivity index (χ1v) is 21.1. The van der Waals surface area contributed by atoms with Gasteiger partial charge in [-0.3, -0.25) is 13.8 Å². The molecule has 0 aromatic carbocycles. The predicted octanol–water partition coefficient (Wildman–Crippen LogP) is 11.2. The molecule has 286 valence electrons. The Morgan fingerprint density at radius 3 is 1.71 bits per heavy atom. The van der Waals surface area contributed by atoms with Crippen molar-refractivity contribution in [2.75, 3.05) is 33.0 Å². The fraction of sp³-hybridized carbons (Fsp3) is 0.775. The summed E-state index contributed by atoms with van der Waals surface area (Å²) in [6.07, 6.45) is 42.6. The van der Waals surface area contributed by atoms with Crippen LogP contribution in [0.4, 0.5) is 0 Å². The normalized spacial score (nSPS) is 14.1. The van der Waals surface area contributed by atoms with Crippen LogP contribution in [0.15, 0.2) is 48.6 Å². The molecular weight excluding hydrogens is 637 g/mol. The van der Waals surface area contributed by atoms with Crippen LogP contribution in [0, 0.1) is 0 Å². The van der Waals surface area contributed by atoms with E-state index in [2.05, 4.69) is 62.5 Å². The number of unbranched alkanes of at least 4 members (excludes halogenated alkanes) is 16. The van der Waals surface area contributed by atoms with Crippen molar-refractivity contribution in [2.45, 2.75) is 168 Å². The van der Waals surface area contributed by atoms with Crippen LogP contribution in [0.3, 0.4) is 0 Å². The van der Waals surface area contributed by atoms with Crippen LogP contribution in [0.25, 0.3) is 0 Å². The van der Waals surface area contributed by atoms with Gasteiger partial charge in [0.1, 0.15) is 6.10 Å². The number of phosphoric acid groups is 1. The number of allylic oxidation sites excluding steroid dienone is 8. The SMILES string of the molecule is CC/C=C\C/C=C\C/C=C\C/C=C\CCCCCCCOCC(COP(=O)(O)OCCN)OC(=O)CCCCCCCCCCCCCC. The first kappa shape index (κ1) is 47.5. The Morgan fingerprint density at radius 2 is 1.14 bits per heavy atom. The molecule has 0 radical (unpaired) electrons.